The Morgan fingerprint density at radius 2 is 2.00 bits per heavy atom. The van der Waals surface area contributed by atoms with Crippen LogP contribution in [-0.2, 0) is 5.41 Å². The van der Waals surface area contributed by atoms with E-state index in [1.807, 2.05) is 0 Å². The second kappa shape index (κ2) is 3.48. The molecule has 0 aromatic heterocycles. The second-order valence-electron chi connectivity index (χ2n) is 4.21. The van der Waals surface area contributed by atoms with Crippen LogP contribution in [0.1, 0.15) is 31.7 Å². The molecule has 2 rings (SSSR count). The van der Waals surface area contributed by atoms with E-state index in [1.54, 1.807) is 0 Å². The second-order valence-corrected chi connectivity index (χ2v) is 4.21. The van der Waals surface area contributed by atoms with E-state index in [1.165, 1.54) is 24.0 Å². The van der Waals surface area contributed by atoms with Crippen molar-refractivity contribution >= 4 is 0 Å². The first-order valence-electron chi connectivity index (χ1n) is 5.22. The summed E-state index contributed by atoms with van der Waals surface area (Å²) < 4.78 is 0. The third kappa shape index (κ3) is 1.32. The predicted octanol–water partition coefficient (Wildman–Crippen LogP) is 3.84. The quantitative estimate of drug-likeness (QED) is 0.582. The summed E-state index contributed by atoms with van der Waals surface area (Å²) in [5, 5.41) is 0. The van der Waals surface area contributed by atoms with E-state index in [-0.39, 0.29) is 5.41 Å². The molecule has 0 saturated heterocycles. The summed E-state index contributed by atoms with van der Waals surface area (Å²) in [5.74, 6) is 0. The van der Waals surface area contributed by atoms with Gasteiger partial charge >= 0.3 is 0 Å². The maximum absolute atomic E-state index is 3.80. The Kier molecular flexibility index (Phi) is 2.31. The van der Waals surface area contributed by atoms with Gasteiger partial charge in [-0.15, -0.1) is 5.73 Å². The van der Waals surface area contributed by atoms with Gasteiger partial charge in [0.2, 0.25) is 0 Å². The van der Waals surface area contributed by atoms with E-state index in [2.05, 4.69) is 49.6 Å². The molecule has 0 heterocycles. The van der Waals surface area contributed by atoms with E-state index in [0.717, 1.165) is 6.42 Å². The van der Waals surface area contributed by atoms with Crippen LogP contribution < -0.4 is 0 Å². The molecule has 0 radical (unpaired) electrons. The van der Waals surface area contributed by atoms with Crippen molar-refractivity contribution in [2.75, 3.05) is 0 Å². The smallest absolute Gasteiger partial charge is 0.0209 e. The fraction of sp³-hybridized carbons (Fsp3) is 0.357. The van der Waals surface area contributed by atoms with E-state index in [0.29, 0.717) is 0 Å². The molecule has 0 aliphatic heterocycles. The highest BCUT2D eigenvalue weighted by molar-refractivity contribution is 5.37. The average Bonchev–Trinajstić information content (AvgIpc) is 2.62. The van der Waals surface area contributed by atoms with Gasteiger partial charge in [0.1, 0.15) is 0 Å². The lowest BCUT2D eigenvalue weighted by Gasteiger charge is -2.25. The SMILES string of the molecule is C=C=C1CCC[C@@]1(C)c1ccccc1. The molecule has 72 valence electrons. The minimum Gasteiger partial charge on any atom is -0.129 e. The Labute approximate surface area is 86.0 Å². The fourth-order valence-corrected chi connectivity index (χ4v) is 2.45. The molecule has 0 bridgehead atoms. The van der Waals surface area contributed by atoms with Crippen molar-refractivity contribution in [1.29, 1.82) is 0 Å². The Hall–Kier alpha value is -1.26. The standard InChI is InChI=1S/C14H16/c1-3-12-10-7-11-14(12,2)13-8-5-4-6-9-13/h4-6,8-9H,1,7,10-11H2,2H3/t14-/m1/s1. The van der Waals surface area contributed by atoms with E-state index in [9.17, 15) is 0 Å². The van der Waals surface area contributed by atoms with Crippen LogP contribution in [0.25, 0.3) is 0 Å². The summed E-state index contributed by atoms with van der Waals surface area (Å²) in [6.45, 7) is 6.11. The number of allylic oxidation sites excluding steroid dienone is 1. The summed E-state index contributed by atoms with van der Waals surface area (Å²) in [6, 6.07) is 10.7. The Bertz CT molecular complexity index is 368. The molecule has 1 atom stereocenters. The van der Waals surface area contributed by atoms with Crippen molar-refractivity contribution in [2.24, 2.45) is 0 Å². The third-order valence-electron chi connectivity index (χ3n) is 3.39. The lowest BCUT2D eigenvalue weighted by Crippen LogP contribution is -2.18. The Morgan fingerprint density at radius 1 is 1.29 bits per heavy atom. The molecule has 0 unspecified atom stereocenters. The zero-order valence-electron chi connectivity index (χ0n) is 8.72. The lowest BCUT2D eigenvalue weighted by molar-refractivity contribution is 0.573. The van der Waals surface area contributed by atoms with Gasteiger partial charge < -0.3 is 0 Å². The number of benzene rings is 1. The summed E-state index contributed by atoms with van der Waals surface area (Å²) in [6.07, 6.45) is 3.66. The molecule has 0 nitrogen and oxygen atoms in total. The van der Waals surface area contributed by atoms with Crippen LogP contribution in [0, 0.1) is 0 Å². The molecule has 0 spiro atoms. The molecular formula is C14H16. The maximum Gasteiger partial charge on any atom is 0.0209 e. The van der Waals surface area contributed by atoms with Crippen molar-refractivity contribution in [2.45, 2.75) is 31.6 Å². The molecule has 1 aliphatic rings. The zero-order valence-corrected chi connectivity index (χ0v) is 8.72. The maximum atomic E-state index is 3.80. The molecule has 1 fully saturated rings. The van der Waals surface area contributed by atoms with Gasteiger partial charge in [-0.3, -0.25) is 0 Å². The van der Waals surface area contributed by atoms with Gasteiger partial charge in [0.15, 0.2) is 0 Å². The first-order valence-corrected chi connectivity index (χ1v) is 5.22. The van der Waals surface area contributed by atoms with E-state index in [4.69, 9.17) is 0 Å². The highest BCUT2D eigenvalue weighted by Gasteiger charge is 2.34. The van der Waals surface area contributed by atoms with Crippen LogP contribution in [0.2, 0.25) is 0 Å². The number of hydrogen-bond acceptors (Lipinski definition) is 0. The van der Waals surface area contributed by atoms with Crippen LogP contribution in [0.3, 0.4) is 0 Å². The normalized spacial score (nSPS) is 26.2. The fourth-order valence-electron chi connectivity index (χ4n) is 2.45. The zero-order chi connectivity index (χ0) is 10.0. The van der Waals surface area contributed by atoms with E-state index < -0.39 is 0 Å². The molecule has 1 aromatic carbocycles. The van der Waals surface area contributed by atoms with Gasteiger partial charge in [0, 0.05) is 5.41 Å². The van der Waals surface area contributed by atoms with Gasteiger partial charge in [-0.1, -0.05) is 43.8 Å². The van der Waals surface area contributed by atoms with Crippen LogP contribution in [-0.4, -0.2) is 0 Å². The molecule has 0 heteroatoms. The number of hydrogen-bond donors (Lipinski definition) is 0. The first-order chi connectivity index (χ1) is 6.77. The van der Waals surface area contributed by atoms with Crippen LogP contribution in [0.15, 0.2) is 48.2 Å². The highest BCUT2D eigenvalue weighted by atomic mass is 14.4. The van der Waals surface area contributed by atoms with Crippen molar-refractivity contribution < 1.29 is 0 Å². The summed E-state index contributed by atoms with van der Waals surface area (Å²) in [4.78, 5) is 0. The number of rotatable bonds is 1. The van der Waals surface area contributed by atoms with Crippen LogP contribution in [0.5, 0.6) is 0 Å². The Morgan fingerprint density at radius 3 is 2.64 bits per heavy atom. The highest BCUT2D eigenvalue weighted by Crippen LogP contribution is 2.44. The minimum atomic E-state index is 0.197. The van der Waals surface area contributed by atoms with E-state index >= 15 is 0 Å². The molecule has 0 N–H and O–H groups in total. The van der Waals surface area contributed by atoms with Gasteiger partial charge in [-0.05, 0) is 30.4 Å². The summed E-state index contributed by atoms with van der Waals surface area (Å²) >= 11 is 0. The third-order valence-corrected chi connectivity index (χ3v) is 3.39. The van der Waals surface area contributed by atoms with Crippen molar-refractivity contribution in [3.8, 4) is 0 Å². The predicted molar refractivity (Wildman–Crippen MR) is 60.3 cm³/mol. The monoisotopic (exact) mass is 184 g/mol. The van der Waals surface area contributed by atoms with Crippen LogP contribution in [0.4, 0.5) is 0 Å². The van der Waals surface area contributed by atoms with Gasteiger partial charge in [0.05, 0.1) is 0 Å². The van der Waals surface area contributed by atoms with Gasteiger partial charge in [0.25, 0.3) is 0 Å². The molecule has 14 heavy (non-hydrogen) atoms. The average molecular weight is 184 g/mol. The van der Waals surface area contributed by atoms with Crippen molar-refractivity contribution in [3.63, 3.8) is 0 Å². The molecule has 0 amide bonds. The first kappa shape index (κ1) is 9.30. The molecule has 1 saturated carbocycles. The van der Waals surface area contributed by atoms with Gasteiger partial charge in [-0.2, -0.15) is 0 Å². The largest absolute Gasteiger partial charge is 0.129 e. The Balaban J connectivity index is 2.47. The molecule has 1 aliphatic carbocycles. The van der Waals surface area contributed by atoms with Crippen molar-refractivity contribution in [3.05, 3.63) is 53.8 Å². The lowest BCUT2D eigenvalue weighted by atomic mass is 9.78. The van der Waals surface area contributed by atoms with Crippen LogP contribution >= 0.6 is 0 Å². The topological polar surface area (TPSA) is 0 Å². The minimum absolute atomic E-state index is 0.197. The van der Waals surface area contributed by atoms with Crippen molar-refractivity contribution in [1.82, 2.24) is 0 Å². The summed E-state index contributed by atoms with van der Waals surface area (Å²) in [7, 11) is 0. The molecule has 1 aromatic rings. The van der Waals surface area contributed by atoms with Gasteiger partial charge in [-0.25, -0.2) is 0 Å². The molecular weight excluding hydrogens is 168 g/mol. The summed E-state index contributed by atoms with van der Waals surface area (Å²) in [5.41, 5.74) is 6.10.